The van der Waals surface area contributed by atoms with Crippen LogP contribution < -0.4 is 5.32 Å². The molecule has 3 heterocycles. The topological polar surface area (TPSA) is 88.3 Å². The van der Waals surface area contributed by atoms with Crippen LogP contribution in [0.1, 0.15) is 24.3 Å². The highest BCUT2D eigenvalue weighted by molar-refractivity contribution is 7.99. The fourth-order valence-electron chi connectivity index (χ4n) is 3.56. The summed E-state index contributed by atoms with van der Waals surface area (Å²) in [6, 6.07) is 7.83. The third-order valence-corrected chi connectivity index (χ3v) is 5.73. The van der Waals surface area contributed by atoms with Gasteiger partial charge in [0.05, 0.1) is 11.2 Å². The molecule has 1 fully saturated rings. The highest BCUT2D eigenvalue weighted by Gasteiger charge is 2.48. The van der Waals surface area contributed by atoms with E-state index in [-0.39, 0.29) is 17.6 Å². The van der Waals surface area contributed by atoms with Gasteiger partial charge in [0.1, 0.15) is 0 Å². The number of amides is 2. The Morgan fingerprint density at radius 3 is 2.80 bits per heavy atom. The Kier molecular flexibility index (Phi) is 3.99. The van der Waals surface area contributed by atoms with Gasteiger partial charge < -0.3 is 14.6 Å². The van der Waals surface area contributed by atoms with E-state index in [1.807, 2.05) is 29.2 Å². The zero-order valence-corrected chi connectivity index (χ0v) is 14.6. The lowest BCUT2D eigenvalue weighted by atomic mass is 9.73. The van der Waals surface area contributed by atoms with Gasteiger partial charge in [-0.2, -0.15) is 0 Å². The predicted molar refractivity (Wildman–Crippen MR) is 92.3 cm³/mol. The quantitative estimate of drug-likeness (QED) is 0.844. The van der Waals surface area contributed by atoms with E-state index in [1.54, 1.807) is 6.92 Å². The molecule has 1 spiro atoms. The Morgan fingerprint density at radius 1 is 1.32 bits per heavy atom. The lowest BCUT2D eigenvalue weighted by Crippen LogP contribution is -2.48. The largest absolute Gasteiger partial charge is 0.416 e. The van der Waals surface area contributed by atoms with Gasteiger partial charge in [0.15, 0.2) is 0 Å². The van der Waals surface area contributed by atoms with Gasteiger partial charge in [0, 0.05) is 25.7 Å². The molecule has 1 aromatic heterocycles. The Labute approximate surface area is 149 Å². The maximum Gasteiger partial charge on any atom is 0.277 e. The SMILES string of the molecule is Cc1nnc(SCC(=O)N2CCC3(CC2)C(=O)Nc2ccccc23)o1. The van der Waals surface area contributed by atoms with Gasteiger partial charge in [0.25, 0.3) is 5.22 Å². The molecule has 0 radical (unpaired) electrons. The number of carbonyl (C=O) groups excluding carboxylic acids is 2. The zero-order chi connectivity index (χ0) is 17.4. The molecule has 2 aromatic rings. The van der Waals surface area contributed by atoms with Crippen molar-refractivity contribution in [2.75, 3.05) is 24.2 Å². The summed E-state index contributed by atoms with van der Waals surface area (Å²) in [7, 11) is 0. The van der Waals surface area contributed by atoms with E-state index in [9.17, 15) is 9.59 Å². The van der Waals surface area contributed by atoms with Crippen LogP contribution in [0.4, 0.5) is 5.69 Å². The zero-order valence-electron chi connectivity index (χ0n) is 13.8. The van der Waals surface area contributed by atoms with Crippen LogP contribution in [0.25, 0.3) is 0 Å². The first-order valence-corrected chi connectivity index (χ1v) is 9.19. The Balaban J connectivity index is 1.40. The monoisotopic (exact) mass is 358 g/mol. The van der Waals surface area contributed by atoms with Crippen LogP contribution in [0, 0.1) is 6.92 Å². The number of anilines is 1. The third-order valence-electron chi connectivity index (χ3n) is 4.92. The van der Waals surface area contributed by atoms with Crippen molar-refractivity contribution >= 4 is 29.3 Å². The number of carbonyl (C=O) groups is 2. The molecule has 0 bridgehead atoms. The summed E-state index contributed by atoms with van der Waals surface area (Å²) in [5.74, 6) is 0.830. The Morgan fingerprint density at radius 2 is 2.08 bits per heavy atom. The molecule has 130 valence electrons. The minimum absolute atomic E-state index is 0.0300. The number of para-hydroxylation sites is 1. The van der Waals surface area contributed by atoms with Crippen molar-refractivity contribution in [2.45, 2.75) is 30.4 Å². The van der Waals surface area contributed by atoms with Crippen molar-refractivity contribution in [3.8, 4) is 0 Å². The highest BCUT2D eigenvalue weighted by atomic mass is 32.2. The van der Waals surface area contributed by atoms with E-state index in [2.05, 4.69) is 15.5 Å². The number of hydrogen-bond acceptors (Lipinski definition) is 6. The van der Waals surface area contributed by atoms with Gasteiger partial charge in [-0.1, -0.05) is 30.0 Å². The normalized spacial score (nSPS) is 18.3. The molecule has 7 nitrogen and oxygen atoms in total. The summed E-state index contributed by atoms with van der Waals surface area (Å²) in [4.78, 5) is 26.8. The van der Waals surface area contributed by atoms with Crippen molar-refractivity contribution in [1.29, 1.82) is 0 Å². The third kappa shape index (κ3) is 2.80. The van der Waals surface area contributed by atoms with Crippen LogP contribution in [0.15, 0.2) is 33.9 Å². The fraction of sp³-hybridized carbons (Fsp3) is 0.412. The van der Waals surface area contributed by atoms with Gasteiger partial charge in [-0.15, -0.1) is 10.2 Å². The maximum absolute atomic E-state index is 12.6. The van der Waals surface area contributed by atoms with E-state index >= 15 is 0 Å². The van der Waals surface area contributed by atoms with Gasteiger partial charge >= 0.3 is 0 Å². The number of aromatic nitrogens is 2. The number of likely N-dealkylation sites (tertiary alicyclic amines) is 1. The number of fused-ring (bicyclic) bond motifs is 2. The molecular weight excluding hydrogens is 340 g/mol. The second kappa shape index (κ2) is 6.18. The summed E-state index contributed by atoms with van der Waals surface area (Å²) >= 11 is 1.25. The van der Waals surface area contributed by atoms with Crippen molar-refractivity contribution in [3.05, 3.63) is 35.7 Å². The Bertz CT molecular complexity index is 827. The van der Waals surface area contributed by atoms with E-state index in [4.69, 9.17) is 4.42 Å². The minimum Gasteiger partial charge on any atom is -0.416 e. The average molecular weight is 358 g/mol. The maximum atomic E-state index is 12.6. The summed E-state index contributed by atoms with van der Waals surface area (Å²) in [6.45, 7) is 2.86. The molecule has 0 atom stereocenters. The van der Waals surface area contributed by atoms with Crippen LogP contribution >= 0.6 is 11.8 Å². The van der Waals surface area contributed by atoms with Crippen molar-refractivity contribution in [3.63, 3.8) is 0 Å². The lowest BCUT2D eigenvalue weighted by Gasteiger charge is -2.38. The predicted octanol–water partition coefficient (Wildman–Crippen LogP) is 1.98. The number of piperidine rings is 1. The molecule has 0 unspecified atom stereocenters. The molecule has 2 amide bonds. The number of nitrogens with zero attached hydrogens (tertiary/aromatic N) is 3. The van der Waals surface area contributed by atoms with Crippen molar-refractivity contribution in [1.82, 2.24) is 15.1 Å². The number of thioether (sulfide) groups is 1. The van der Waals surface area contributed by atoms with Crippen LogP contribution in [-0.4, -0.2) is 45.8 Å². The number of rotatable bonds is 3. The molecule has 8 heteroatoms. The van der Waals surface area contributed by atoms with Gasteiger partial charge in [-0.3, -0.25) is 9.59 Å². The number of aryl methyl sites for hydroxylation is 1. The molecule has 1 N–H and O–H groups in total. The Hall–Kier alpha value is -2.35. The first-order valence-electron chi connectivity index (χ1n) is 8.20. The van der Waals surface area contributed by atoms with Crippen LogP contribution in [0.3, 0.4) is 0 Å². The standard InChI is InChI=1S/C17H18N4O3S/c1-11-19-20-16(24-11)25-10-14(22)21-8-6-17(7-9-21)12-4-2-3-5-13(12)18-15(17)23/h2-5H,6-10H2,1H3,(H,18,23). The molecule has 25 heavy (non-hydrogen) atoms. The lowest BCUT2D eigenvalue weighted by molar-refractivity contribution is -0.132. The van der Waals surface area contributed by atoms with Crippen LogP contribution in [0.2, 0.25) is 0 Å². The molecule has 4 rings (SSSR count). The van der Waals surface area contributed by atoms with E-state index in [0.29, 0.717) is 37.0 Å². The number of benzene rings is 1. The summed E-state index contributed by atoms with van der Waals surface area (Å²) in [6.07, 6.45) is 1.29. The highest BCUT2D eigenvalue weighted by Crippen LogP contribution is 2.44. The second-order valence-corrected chi connectivity index (χ2v) is 7.26. The molecule has 2 aliphatic rings. The smallest absolute Gasteiger partial charge is 0.277 e. The fourth-order valence-corrected chi connectivity index (χ4v) is 4.27. The first kappa shape index (κ1) is 16.1. The number of hydrogen-bond donors (Lipinski definition) is 1. The summed E-state index contributed by atoms with van der Waals surface area (Å²) < 4.78 is 5.27. The van der Waals surface area contributed by atoms with E-state index in [0.717, 1.165) is 11.3 Å². The van der Waals surface area contributed by atoms with Gasteiger partial charge in [0.2, 0.25) is 17.7 Å². The summed E-state index contributed by atoms with van der Waals surface area (Å²) in [5.41, 5.74) is 1.46. The molecule has 0 saturated carbocycles. The average Bonchev–Trinajstić information content (AvgIpc) is 3.16. The molecule has 0 aliphatic carbocycles. The van der Waals surface area contributed by atoms with Crippen molar-refractivity contribution in [2.24, 2.45) is 0 Å². The number of nitrogens with one attached hydrogen (secondary N) is 1. The minimum atomic E-state index is -0.496. The summed E-state index contributed by atoms with van der Waals surface area (Å²) in [5, 5.41) is 11.0. The van der Waals surface area contributed by atoms with Crippen LogP contribution in [-0.2, 0) is 15.0 Å². The van der Waals surface area contributed by atoms with Crippen LogP contribution in [0.5, 0.6) is 0 Å². The van der Waals surface area contributed by atoms with Gasteiger partial charge in [-0.25, -0.2) is 0 Å². The van der Waals surface area contributed by atoms with Gasteiger partial charge in [-0.05, 0) is 24.5 Å². The van der Waals surface area contributed by atoms with E-state index in [1.165, 1.54) is 11.8 Å². The second-order valence-electron chi connectivity index (χ2n) is 6.34. The van der Waals surface area contributed by atoms with E-state index < -0.39 is 5.41 Å². The van der Waals surface area contributed by atoms with Crippen molar-refractivity contribution < 1.29 is 14.0 Å². The molecular formula is C17H18N4O3S. The molecule has 1 aromatic carbocycles. The molecule has 2 aliphatic heterocycles. The first-order chi connectivity index (χ1) is 12.1. The molecule has 1 saturated heterocycles.